The highest BCUT2D eigenvalue weighted by atomic mass is 127. The van der Waals surface area contributed by atoms with Gasteiger partial charge in [0.2, 0.25) is 12.5 Å². The first kappa shape index (κ1) is 12.3. The summed E-state index contributed by atoms with van der Waals surface area (Å²) in [7, 11) is 0. The van der Waals surface area contributed by atoms with E-state index in [0.717, 1.165) is 12.0 Å². The highest BCUT2D eigenvalue weighted by molar-refractivity contribution is 14.1. The Bertz CT molecular complexity index is 639. The summed E-state index contributed by atoms with van der Waals surface area (Å²) in [5.41, 5.74) is 0.955. The first-order valence-electron chi connectivity index (χ1n) is 6.34. The number of allylic oxidation sites excluding steroid dienone is 1. The van der Waals surface area contributed by atoms with E-state index in [0.29, 0.717) is 5.75 Å². The quantitative estimate of drug-likeness (QED) is 0.321. The number of hydrogen-bond donors (Lipinski definition) is 1. The van der Waals surface area contributed by atoms with E-state index in [4.69, 9.17) is 14.2 Å². The number of halogens is 1. The van der Waals surface area contributed by atoms with Gasteiger partial charge in [0, 0.05) is 5.92 Å². The molecule has 0 aromatic heterocycles. The molecule has 0 saturated heterocycles. The maximum Gasteiger partial charge on any atom is 0.342 e. The molecule has 0 spiro atoms. The second-order valence-electron chi connectivity index (χ2n) is 5.00. The van der Waals surface area contributed by atoms with Gasteiger partial charge >= 0.3 is 5.97 Å². The molecule has 3 aliphatic rings. The molecule has 0 bridgehead atoms. The number of carbonyl (C=O) groups excluding carboxylic acids is 1. The van der Waals surface area contributed by atoms with Gasteiger partial charge in [-0.25, -0.2) is 4.79 Å². The summed E-state index contributed by atoms with van der Waals surface area (Å²) in [6.07, 6.45) is 4.80. The van der Waals surface area contributed by atoms with Crippen LogP contribution in [0, 0.1) is 0 Å². The van der Waals surface area contributed by atoms with Crippen LogP contribution < -0.4 is 9.47 Å². The number of hydrogen-bond acceptors (Lipinski definition) is 5. The lowest BCUT2D eigenvalue weighted by molar-refractivity contribution is 0.0209. The average Bonchev–Trinajstić information content (AvgIpc) is 2.89. The fraction of sp³-hybridized carbons (Fsp3) is 0.357. The standard InChI is InChI=1S/C14H11IO5/c15-8-3-1-2-6-7-4-9-13(19-5-18-9)11(16)10(7)14(17)20-12(6)8/h1-2,4,6,8,12,16H,3,5H2/t6-,8+,12+/m0/s1. The minimum atomic E-state index is -0.492. The Kier molecular flexibility index (Phi) is 2.63. The minimum Gasteiger partial charge on any atom is -0.504 e. The molecule has 0 unspecified atom stereocenters. The van der Waals surface area contributed by atoms with E-state index in [-0.39, 0.29) is 39.8 Å². The van der Waals surface area contributed by atoms with Gasteiger partial charge in [-0.05, 0) is 18.1 Å². The fourth-order valence-electron chi connectivity index (χ4n) is 2.96. The van der Waals surface area contributed by atoms with Gasteiger partial charge in [-0.1, -0.05) is 34.7 Å². The molecule has 6 heteroatoms. The zero-order chi connectivity index (χ0) is 13.9. The molecule has 0 fully saturated rings. The molecule has 1 aliphatic carbocycles. The van der Waals surface area contributed by atoms with Crippen LogP contribution in [-0.2, 0) is 4.74 Å². The van der Waals surface area contributed by atoms with Crippen molar-refractivity contribution in [2.24, 2.45) is 0 Å². The molecule has 2 heterocycles. The van der Waals surface area contributed by atoms with Crippen molar-refractivity contribution in [2.75, 3.05) is 6.79 Å². The topological polar surface area (TPSA) is 65.0 Å². The van der Waals surface area contributed by atoms with E-state index in [1.165, 1.54) is 0 Å². The third kappa shape index (κ3) is 1.57. The van der Waals surface area contributed by atoms with Crippen molar-refractivity contribution in [2.45, 2.75) is 22.4 Å². The first-order valence-corrected chi connectivity index (χ1v) is 7.58. The van der Waals surface area contributed by atoms with Crippen LogP contribution in [0.25, 0.3) is 0 Å². The average molecular weight is 386 g/mol. The minimum absolute atomic E-state index is 0.0428. The van der Waals surface area contributed by atoms with Gasteiger partial charge in [-0.15, -0.1) is 0 Å². The van der Waals surface area contributed by atoms with Crippen LogP contribution in [0.4, 0.5) is 0 Å². The monoisotopic (exact) mass is 386 g/mol. The number of rotatable bonds is 0. The summed E-state index contributed by atoms with van der Waals surface area (Å²) in [4.78, 5) is 12.2. The number of phenolic OH excluding ortho intramolecular Hbond substituents is 1. The molecule has 3 atom stereocenters. The normalized spacial score (nSPS) is 29.6. The molecule has 4 rings (SSSR count). The van der Waals surface area contributed by atoms with E-state index in [9.17, 15) is 9.90 Å². The maximum atomic E-state index is 12.2. The van der Waals surface area contributed by atoms with E-state index in [2.05, 4.69) is 28.7 Å². The fourth-order valence-corrected chi connectivity index (χ4v) is 3.84. The van der Waals surface area contributed by atoms with Gasteiger partial charge in [0.25, 0.3) is 0 Å². The number of aromatic hydroxyl groups is 1. The number of ether oxygens (including phenoxy) is 3. The Morgan fingerprint density at radius 3 is 3.05 bits per heavy atom. The van der Waals surface area contributed by atoms with Gasteiger partial charge in [0.15, 0.2) is 11.5 Å². The van der Waals surface area contributed by atoms with Gasteiger partial charge in [0.1, 0.15) is 11.7 Å². The highest BCUT2D eigenvalue weighted by Gasteiger charge is 2.43. The van der Waals surface area contributed by atoms with Gasteiger partial charge in [0.05, 0.1) is 3.92 Å². The second kappa shape index (κ2) is 4.28. The Morgan fingerprint density at radius 2 is 2.20 bits per heavy atom. The largest absolute Gasteiger partial charge is 0.504 e. The van der Waals surface area contributed by atoms with Crippen LogP contribution in [0.1, 0.15) is 28.3 Å². The maximum absolute atomic E-state index is 12.2. The Hall–Kier alpha value is -1.44. The Balaban J connectivity index is 1.94. The smallest absolute Gasteiger partial charge is 0.342 e. The SMILES string of the molecule is O=C1O[C@H]2[C@H](I)CC=C[C@H]2c2cc3c(c(O)c21)OCO3. The van der Waals surface area contributed by atoms with E-state index in [1.54, 1.807) is 6.07 Å². The van der Waals surface area contributed by atoms with Crippen molar-refractivity contribution in [3.63, 3.8) is 0 Å². The van der Waals surface area contributed by atoms with Crippen LogP contribution in [0.2, 0.25) is 0 Å². The van der Waals surface area contributed by atoms with Crippen LogP contribution in [0.15, 0.2) is 18.2 Å². The lowest BCUT2D eigenvalue weighted by Crippen LogP contribution is -2.39. The van der Waals surface area contributed by atoms with Crippen molar-refractivity contribution in [3.05, 3.63) is 29.3 Å². The highest BCUT2D eigenvalue weighted by Crippen LogP contribution is 2.50. The molecule has 1 N–H and O–H groups in total. The third-order valence-corrected chi connectivity index (χ3v) is 5.11. The number of carbonyl (C=O) groups is 1. The van der Waals surface area contributed by atoms with Crippen molar-refractivity contribution in [1.82, 2.24) is 0 Å². The zero-order valence-corrected chi connectivity index (χ0v) is 12.5. The summed E-state index contributed by atoms with van der Waals surface area (Å²) in [5.74, 6) is -0.00107. The van der Waals surface area contributed by atoms with Crippen molar-refractivity contribution in [1.29, 1.82) is 0 Å². The van der Waals surface area contributed by atoms with Crippen LogP contribution in [0.5, 0.6) is 17.2 Å². The molecular formula is C14H11IO5. The van der Waals surface area contributed by atoms with Crippen molar-refractivity contribution in [3.8, 4) is 17.2 Å². The molecule has 2 aliphatic heterocycles. The van der Waals surface area contributed by atoms with E-state index < -0.39 is 5.97 Å². The summed E-state index contributed by atoms with van der Waals surface area (Å²) >= 11 is 2.30. The number of benzene rings is 1. The Labute approximate surface area is 128 Å². The van der Waals surface area contributed by atoms with Crippen LogP contribution in [-0.4, -0.2) is 27.9 Å². The molecule has 1 aromatic rings. The summed E-state index contributed by atoms with van der Waals surface area (Å²) in [6, 6.07) is 1.79. The lowest BCUT2D eigenvalue weighted by atomic mass is 9.81. The van der Waals surface area contributed by atoms with E-state index >= 15 is 0 Å². The lowest BCUT2D eigenvalue weighted by Gasteiger charge is -2.36. The Morgan fingerprint density at radius 1 is 1.35 bits per heavy atom. The molecule has 1 aromatic carbocycles. The molecule has 0 amide bonds. The number of esters is 1. The predicted molar refractivity (Wildman–Crippen MR) is 77.7 cm³/mol. The second-order valence-corrected chi connectivity index (χ2v) is 6.60. The van der Waals surface area contributed by atoms with Gasteiger partial charge in [-0.3, -0.25) is 0 Å². The summed E-state index contributed by atoms with van der Waals surface area (Å²) in [5, 5.41) is 10.3. The first-order chi connectivity index (χ1) is 9.66. The van der Waals surface area contributed by atoms with Crippen molar-refractivity contribution < 1.29 is 24.1 Å². The molecule has 0 radical (unpaired) electrons. The van der Waals surface area contributed by atoms with Crippen molar-refractivity contribution >= 4 is 28.6 Å². The summed E-state index contributed by atoms with van der Waals surface area (Å²) < 4.78 is 16.3. The number of phenols is 1. The number of alkyl halides is 1. The molecular weight excluding hydrogens is 375 g/mol. The van der Waals surface area contributed by atoms with Crippen LogP contribution in [0.3, 0.4) is 0 Å². The van der Waals surface area contributed by atoms with Gasteiger partial charge in [-0.2, -0.15) is 0 Å². The van der Waals surface area contributed by atoms with Gasteiger partial charge < -0.3 is 19.3 Å². The zero-order valence-electron chi connectivity index (χ0n) is 10.3. The molecule has 104 valence electrons. The van der Waals surface area contributed by atoms with E-state index in [1.807, 2.05) is 6.08 Å². The summed E-state index contributed by atoms with van der Waals surface area (Å²) in [6.45, 7) is 0.0552. The molecule has 20 heavy (non-hydrogen) atoms. The molecule has 0 saturated carbocycles. The number of fused-ring (bicyclic) bond motifs is 4. The predicted octanol–water partition coefficient (Wildman–Crippen LogP) is 2.51. The van der Waals surface area contributed by atoms with Crippen LogP contribution >= 0.6 is 22.6 Å². The molecule has 5 nitrogen and oxygen atoms in total. The third-order valence-electron chi connectivity index (χ3n) is 3.89.